The highest BCUT2D eigenvalue weighted by atomic mass is 16.3. The van der Waals surface area contributed by atoms with Gasteiger partial charge in [0.05, 0.1) is 0 Å². The monoisotopic (exact) mass is 252 g/mol. The normalized spacial score (nSPS) is 11.5. The number of fused-ring (bicyclic) bond motifs is 3. The smallest absolute Gasteiger partial charge is 0.123 e. The van der Waals surface area contributed by atoms with E-state index in [4.69, 9.17) is 0 Å². The number of phenolic OH excluding ortho intramolecular Hbond substituents is 2. The Hall–Kier alpha value is -2.22. The molecule has 0 spiro atoms. The van der Waals surface area contributed by atoms with Crippen LogP contribution >= 0.6 is 0 Å². The SMILES string of the molecule is CC(C)c1cc(O)cc2c1ccc1c(O)cccc12. The fraction of sp³-hybridized carbons (Fsp3) is 0.176. The summed E-state index contributed by atoms with van der Waals surface area (Å²) in [6.07, 6.45) is 0. The maximum absolute atomic E-state index is 9.93. The molecule has 0 amide bonds. The summed E-state index contributed by atoms with van der Waals surface area (Å²) in [6.45, 7) is 4.22. The average Bonchev–Trinajstić information content (AvgIpc) is 2.38. The van der Waals surface area contributed by atoms with Crippen LogP contribution in [0, 0.1) is 0 Å². The van der Waals surface area contributed by atoms with E-state index < -0.39 is 0 Å². The summed E-state index contributed by atoms with van der Waals surface area (Å²) < 4.78 is 0. The molecule has 0 aromatic heterocycles. The molecule has 0 aliphatic heterocycles. The van der Waals surface area contributed by atoms with Crippen molar-refractivity contribution in [2.24, 2.45) is 0 Å². The molecule has 0 saturated carbocycles. The van der Waals surface area contributed by atoms with E-state index in [9.17, 15) is 10.2 Å². The van der Waals surface area contributed by atoms with Crippen LogP contribution in [0.2, 0.25) is 0 Å². The Morgan fingerprint density at radius 1 is 0.789 bits per heavy atom. The third-order valence-electron chi connectivity index (χ3n) is 3.61. The maximum atomic E-state index is 9.93. The van der Waals surface area contributed by atoms with Crippen LogP contribution in [-0.2, 0) is 0 Å². The summed E-state index contributed by atoms with van der Waals surface area (Å²) in [4.78, 5) is 0. The van der Waals surface area contributed by atoms with Gasteiger partial charge >= 0.3 is 0 Å². The molecule has 2 heteroatoms. The largest absolute Gasteiger partial charge is 0.508 e. The second kappa shape index (κ2) is 4.16. The summed E-state index contributed by atoms with van der Waals surface area (Å²) in [7, 11) is 0. The van der Waals surface area contributed by atoms with Gasteiger partial charge < -0.3 is 10.2 Å². The standard InChI is InChI=1S/C17H16O2/c1-10(2)15-8-11(18)9-16-12-4-3-5-17(19)14(12)7-6-13(15)16/h3-10,18-19H,1-2H3. The molecule has 96 valence electrons. The van der Waals surface area contributed by atoms with Gasteiger partial charge in [0.1, 0.15) is 11.5 Å². The van der Waals surface area contributed by atoms with Crippen molar-refractivity contribution in [2.45, 2.75) is 19.8 Å². The Balaban J connectivity index is 2.53. The van der Waals surface area contributed by atoms with Gasteiger partial charge in [-0.3, -0.25) is 0 Å². The van der Waals surface area contributed by atoms with Crippen molar-refractivity contribution in [1.29, 1.82) is 0 Å². The van der Waals surface area contributed by atoms with Crippen LogP contribution in [0.3, 0.4) is 0 Å². The first-order valence-corrected chi connectivity index (χ1v) is 6.45. The van der Waals surface area contributed by atoms with E-state index >= 15 is 0 Å². The lowest BCUT2D eigenvalue weighted by Gasteiger charge is -2.13. The van der Waals surface area contributed by atoms with Crippen LogP contribution in [0.15, 0.2) is 42.5 Å². The van der Waals surface area contributed by atoms with Crippen molar-refractivity contribution in [3.63, 3.8) is 0 Å². The number of hydrogen-bond acceptors (Lipinski definition) is 2. The van der Waals surface area contributed by atoms with Gasteiger partial charge in [-0.15, -0.1) is 0 Å². The lowest BCUT2D eigenvalue weighted by molar-refractivity contribution is 0.475. The summed E-state index contributed by atoms with van der Waals surface area (Å²) in [5, 5.41) is 23.7. The van der Waals surface area contributed by atoms with E-state index in [1.807, 2.05) is 30.3 Å². The molecule has 3 aromatic carbocycles. The third kappa shape index (κ3) is 1.80. The van der Waals surface area contributed by atoms with Gasteiger partial charge in [0.15, 0.2) is 0 Å². The number of hydrogen-bond donors (Lipinski definition) is 2. The van der Waals surface area contributed by atoms with Crippen LogP contribution in [0.5, 0.6) is 11.5 Å². The molecule has 3 aromatic rings. The quantitative estimate of drug-likeness (QED) is 0.625. The van der Waals surface area contributed by atoms with Crippen molar-refractivity contribution in [3.05, 3.63) is 48.0 Å². The first kappa shape index (κ1) is 11.8. The van der Waals surface area contributed by atoms with Crippen LogP contribution in [0.25, 0.3) is 21.5 Å². The van der Waals surface area contributed by atoms with Crippen LogP contribution in [0.1, 0.15) is 25.3 Å². The van der Waals surface area contributed by atoms with Gasteiger partial charge in [-0.25, -0.2) is 0 Å². The van der Waals surface area contributed by atoms with Crippen LogP contribution in [-0.4, -0.2) is 10.2 Å². The molecule has 2 N–H and O–H groups in total. The lowest BCUT2D eigenvalue weighted by Crippen LogP contribution is -1.90. The Labute approximate surface area is 111 Å². The lowest BCUT2D eigenvalue weighted by atomic mass is 9.92. The molecule has 0 unspecified atom stereocenters. The van der Waals surface area contributed by atoms with Crippen molar-refractivity contribution < 1.29 is 10.2 Å². The van der Waals surface area contributed by atoms with E-state index in [1.54, 1.807) is 12.1 Å². The highest BCUT2D eigenvalue weighted by Crippen LogP contribution is 2.36. The van der Waals surface area contributed by atoms with E-state index in [-0.39, 0.29) is 11.5 Å². The van der Waals surface area contributed by atoms with Crippen molar-refractivity contribution >= 4 is 21.5 Å². The molecule has 0 radical (unpaired) electrons. The molecule has 0 heterocycles. The molecule has 0 fully saturated rings. The highest BCUT2D eigenvalue weighted by molar-refractivity contribution is 6.10. The molecular formula is C17H16O2. The fourth-order valence-corrected chi connectivity index (χ4v) is 2.68. The zero-order valence-electron chi connectivity index (χ0n) is 11.0. The molecule has 3 rings (SSSR count). The van der Waals surface area contributed by atoms with Crippen LogP contribution in [0.4, 0.5) is 0 Å². The molecule has 0 bridgehead atoms. The summed E-state index contributed by atoms with van der Waals surface area (Å²) in [6, 6.07) is 13.0. The number of phenols is 2. The Morgan fingerprint density at radius 3 is 2.26 bits per heavy atom. The van der Waals surface area contributed by atoms with Crippen molar-refractivity contribution in [1.82, 2.24) is 0 Å². The van der Waals surface area contributed by atoms with Gasteiger partial charge in [0.2, 0.25) is 0 Å². The Kier molecular flexibility index (Phi) is 2.59. The molecule has 0 aliphatic rings. The second-order valence-electron chi connectivity index (χ2n) is 5.22. The minimum Gasteiger partial charge on any atom is -0.508 e. The first-order chi connectivity index (χ1) is 9.08. The third-order valence-corrected chi connectivity index (χ3v) is 3.61. The first-order valence-electron chi connectivity index (χ1n) is 6.45. The molecule has 2 nitrogen and oxygen atoms in total. The minimum atomic E-state index is 0.270. The van der Waals surface area contributed by atoms with Gasteiger partial charge in [0.25, 0.3) is 0 Å². The van der Waals surface area contributed by atoms with Crippen molar-refractivity contribution in [3.8, 4) is 11.5 Å². The van der Waals surface area contributed by atoms with Gasteiger partial charge in [-0.2, -0.15) is 0 Å². The summed E-state index contributed by atoms with van der Waals surface area (Å²) in [5.74, 6) is 0.880. The van der Waals surface area contributed by atoms with Gasteiger partial charge in [-0.1, -0.05) is 38.1 Å². The molecular weight excluding hydrogens is 236 g/mol. The van der Waals surface area contributed by atoms with Gasteiger partial charge in [-0.05, 0) is 45.8 Å². The zero-order valence-corrected chi connectivity index (χ0v) is 11.0. The van der Waals surface area contributed by atoms with Gasteiger partial charge in [0, 0.05) is 5.39 Å². The predicted molar refractivity (Wildman–Crippen MR) is 78.9 cm³/mol. The number of rotatable bonds is 1. The zero-order chi connectivity index (χ0) is 13.6. The van der Waals surface area contributed by atoms with E-state index in [0.717, 1.165) is 27.1 Å². The summed E-state index contributed by atoms with van der Waals surface area (Å²) in [5.41, 5.74) is 1.13. The topological polar surface area (TPSA) is 40.5 Å². The molecule has 0 aliphatic carbocycles. The fourth-order valence-electron chi connectivity index (χ4n) is 2.68. The summed E-state index contributed by atoms with van der Waals surface area (Å²) >= 11 is 0. The Morgan fingerprint density at radius 2 is 1.53 bits per heavy atom. The second-order valence-corrected chi connectivity index (χ2v) is 5.22. The van der Waals surface area contributed by atoms with Crippen LogP contribution < -0.4 is 0 Å². The van der Waals surface area contributed by atoms with E-state index in [1.165, 1.54) is 0 Å². The van der Waals surface area contributed by atoms with E-state index in [0.29, 0.717) is 5.92 Å². The maximum Gasteiger partial charge on any atom is 0.123 e. The molecule has 19 heavy (non-hydrogen) atoms. The minimum absolute atomic E-state index is 0.270. The number of aromatic hydroxyl groups is 2. The average molecular weight is 252 g/mol. The predicted octanol–water partition coefficient (Wildman–Crippen LogP) is 4.53. The van der Waals surface area contributed by atoms with E-state index in [2.05, 4.69) is 13.8 Å². The number of benzene rings is 3. The van der Waals surface area contributed by atoms with Crippen molar-refractivity contribution in [2.75, 3.05) is 0 Å². The Bertz CT molecular complexity index is 773. The highest BCUT2D eigenvalue weighted by Gasteiger charge is 2.11. The molecule has 0 atom stereocenters. The molecule has 0 saturated heterocycles.